The SMILES string of the molecule is CC(Nc1ccc2oc(=O)[nH]c2c1)c1cncc(F)c1. The van der Waals surface area contributed by atoms with E-state index in [9.17, 15) is 9.18 Å². The molecule has 6 heteroatoms. The smallest absolute Gasteiger partial charge is 0.408 e. The minimum atomic E-state index is -0.487. The Bertz CT molecular complexity index is 809. The molecule has 0 saturated heterocycles. The number of hydrogen-bond donors (Lipinski definition) is 2. The topological polar surface area (TPSA) is 70.9 Å². The zero-order valence-electron chi connectivity index (χ0n) is 10.7. The van der Waals surface area contributed by atoms with Crippen LogP contribution in [0.3, 0.4) is 0 Å². The maximum atomic E-state index is 13.1. The minimum Gasteiger partial charge on any atom is -0.408 e. The number of rotatable bonds is 3. The molecule has 1 aromatic carbocycles. The predicted molar refractivity (Wildman–Crippen MR) is 73.1 cm³/mol. The van der Waals surface area contributed by atoms with Gasteiger partial charge in [-0.25, -0.2) is 9.18 Å². The van der Waals surface area contributed by atoms with E-state index >= 15 is 0 Å². The third-order valence-electron chi connectivity index (χ3n) is 3.03. The lowest BCUT2D eigenvalue weighted by atomic mass is 10.1. The second-order valence-corrected chi connectivity index (χ2v) is 4.53. The fourth-order valence-corrected chi connectivity index (χ4v) is 2.04. The van der Waals surface area contributed by atoms with Crippen molar-refractivity contribution < 1.29 is 8.81 Å². The molecule has 2 N–H and O–H groups in total. The summed E-state index contributed by atoms with van der Waals surface area (Å²) in [5.41, 5.74) is 2.65. The van der Waals surface area contributed by atoms with Crippen molar-refractivity contribution in [3.8, 4) is 0 Å². The van der Waals surface area contributed by atoms with E-state index in [0.29, 0.717) is 11.1 Å². The Labute approximate surface area is 113 Å². The lowest BCUT2D eigenvalue weighted by Gasteiger charge is -2.15. The molecule has 3 aromatic rings. The normalized spacial score (nSPS) is 12.5. The van der Waals surface area contributed by atoms with Crippen LogP contribution in [0, 0.1) is 5.82 Å². The van der Waals surface area contributed by atoms with E-state index in [0.717, 1.165) is 11.3 Å². The summed E-state index contributed by atoms with van der Waals surface area (Å²) < 4.78 is 18.1. The zero-order valence-corrected chi connectivity index (χ0v) is 10.7. The van der Waals surface area contributed by atoms with Gasteiger partial charge in [0, 0.05) is 11.9 Å². The standard InChI is InChI=1S/C14H12FN3O2/c1-8(9-4-10(15)7-16-6-9)17-11-2-3-13-12(5-11)18-14(19)20-13/h2-8,17H,1H3,(H,18,19). The van der Waals surface area contributed by atoms with Crippen LogP contribution in [0.2, 0.25) is 0 Å². The first-order valence-corrected chi connectivity index (χ1v) is 6.12. The number of nitrogens with zero attached hydrogens (tertiary/aromatic N) is 1. The number of pyridine rings is 1. The Morgan fingerprint density at radius 2 is 2.20 bits per heavy atom. The summed E-state index contributed by atoms with van der Waals surface area (Å²) in [6.45, 7) is 1.90. The Hall–Kier alpha value is -2.63. The van der Waals surface area contributed by atoms with Gasteiger partial charge in [-0.15, -0.1) is 0 Å². The van der Waals surface area contributed by atoms with Crippen LogP contribution in [0.15, 0.2) is 45.9 Å². The predicted octanol–water partition coefficient (Wildman–Crippen LogP) is 2.83. The summed E-state index contributed by atoms with van der Waals surface area (Å²) in [4.78, 5) is 17.5. The zero-order chi connectivity index (χ0) is 14.1. The number of benzene rings is 1. The second-order valence-electron chi connectivity index (χ2n) is 4.53. The third kappa shape index (κ3) is 2.40. The van der Waals surface area contributed by atoms with Crippen LogP contribution in [0.4, 0.5) is 10.1 Å². The maximum absolute atomic E-state index is 13.1. The Kier molecular flexibility index (Phi) is 2.98. The van der Waals surface area contributed by atoms with Gasteiger partial charge in [0.15, 0.2) is 5.58 Å². The van der Waals surface area contributed by atoms with E-state index in [-0.39, 0.29) is 11.9 Å². The van der Waals surface area contributed by atoms with E-state index in [1.54, 1.807) is 24.4 Å². The number of aromatic nitrogens is 2. The molecule has 0 radical (unpaired) electrons. The van der Waals surface area contributed by atoms with Crippen LogP contribution in [0.25, 0.3) is 11.1 Å². The van der Waals surface area contributed by atoms with Crippen molar-refractivity contribution in [2.24, 2.45) is 0 Å². The van der Waals surface area contributed by atoms with Crippen molar-refractivity contribution in [1.29, 1.82) is 0 Å². The highest BCUT2D eigenvalue weighted by Gasteiger charge is 2.08. The highest BCUT2D eigenvalue weighted by atomic mass is 19.1. The van der Waals surface area contributed by atoms with Crippen LogP contribution < -0.4 is 11.1 Å². The van der Waals surface area contributed by atoms with Crippen molar-refractivity contribution in [2.45, 2.75) is 13.0 Å². The van der Waals surface area contributed by atoms with Crippen molar-refractivity contribution in [3.05, 3.63) is 58.6 Å². The van der Waals surface area contributed by atoms with E-state index in [4.69, 9.17) is 4.42 Å². The van der Waals surface area contributed by atoms with Gasteiger partial charge in [-0.2, -0.15) is 0 Å². The lowest BCUT2D eigenvalue weighted by Crippen LogP contribution is -2.07. The molecule has 3 rings (SSSR count). The molecule has 0 saturated carbocycles. The van der Waals surface area contributed by atoms with Gasteiger partial charge in [-0.3, -0.25) is 9.97 Å². The third-order valence-corrected chi connectivity index (χ3v) is 3.03. The number of halogens is 1. The van der Waals surface area contributed by atoms with Gasteiger partial charge in [0.2, 0.25) is 0 Å². The highest BCUT2D eigenvalue weighted by molar-refractivity contribution is 5.76. The molecule has 0 aliphatic heterocycles. The fourth-order valence-electron chi connectivity index (χ4n) is 2.04. The number of oxazole rings is 1. The van der Waals surface area contributed by atoms with Crippen LogP contribution in [0.5, 0.6) is 0 Å². The minimum absolute atomic E-state index is 0.116. The molecule has 2 aromatic heterocycles. The molecule has 0 spiro atoms. The molecular weight excluding hydrogens is 261 g/mol. The molecule has 2 heterocycles. The van der Waals surface area contributed by atoms with Crippen molar-refractivity contribution >= 4 is 16.8 Å². The molecule has 0 amide bonds. The van der Waals surface area contributed by atoms with Crippen molar-refractivity contribution in [1.82, 2.24) is 9.97 Å². The van der Waals surface area contributed by atoms with Crippen molar-refractivity contribution in [3.63, 3.8) is 0 Å². The van der Waals surface area contributed by atoms with Gasteiger partial charge < -0.3 is 9.73 Å². The van der Waals surface area contributed by atoms with Gasteiger partial charge >= 0.3 is 5.76 Å². The molecule has 0 aliphatic carbocycles. The summed E-state index contributed by atoms with van der Waals surface area (Å²) in [7, 11) is 0. The van der Waals surface area contributed by atoms with Crippen LogP contribution in [-0.4, -0.2) is 9.97 Å². The first-order valence-electron chi connectivity index (χ1n) is 6.12. The quantitative estimate of drug-likeness (QED) is 0.769. The molecule has 1 unspecified atom stereocenters. The number of H-pyrrole nitrogens is 1. The summed E-state index contributed by atoms with van der Waals surface area (Å²) in [5, 5.41) is 3.22. The highest BCUT2D eigenvalue weighted by Crippen LogP contribution is 2.22. The lowest BCUT2D eigenvalue weighted by molar-refractivity contribution is 0.555. The van der Waals surface area contributed by atoms with Crippen LogP contribution in [-0.2, 0) is 0 Å². The maximum Gasteiger partial charge on any atom is 0.417 e. The summed E-state index contributed by atoms with van der Waals surface area (Å²) in [6.07, 6.45) is 2.78. The van der Waals surface area contributed by atoms with Crippen LogP contribution >= 0.6 is 0 Å². The van der Waals surface area contributed by atoms with Gasteiger partial charge in [0.1, 0.15) is 5.82 Å². The Morgan fingerprint density at radius 3 is 3.00 bits per heavy atom. The van der Waals surface area contributed by atoms with E-state index in [2.05, 4.69) is 15.3 Å². The Morgan fingerprint density at radius 1 is 1.35 bits per heavy atom. The second kappa shape index (κ2) is 4.80. The average Bonchev–Trinajstić information content (AvgIpc) is 2.78. The first kappa shape index (κ1) is 12.4. The molecule has 5 nitrogen and oxygen atoms in total. The van der Waals surface area contributed by atoms with Gasteiger partial charge in [0.25, 0.3) is 0 Å². The summed E-state index contributed by atoms with van der Waals surface area (Å²) in [6, 6.07) is 6.58. The van der Waals surface area contributed by atoms with E-state index in [1.165, 1.54) is 12.3 Å². The van der Waals surface area contributed by atoms with Gasteiger partial charge in [-0.05, 0) is 36.8 Å². The number of nitrogens with one attached hydrogen (secondary N) is 2. The molecule has 20 heavy (non-hydrogen) atoms. The molecular formula is C14H12FN3O2. The van der Waals surface area contributed by atoms with Gasteiger partial charge in [0.05, 0.1) is 17.8 Å². The number of anilines is 1. The molecule has 1 atom stereocenters. The van der Waals surface area contributed by atoms with Gasteiger partial charge in [-0.1, -0.05) is 0 Å². The molecule has 0 fully saturated rings. The summed E-state index contributed by atoms with van der Waals surface area (Å²) in [5.74, 6) is -0.856. The van der Waals surface area contributed by atoms with Crippen molar-refractivity contribution in [2.75, 3.05) is 5.32 Å². The molecule has 0 aliphatic rings. The number of fused-ring (bicyclic) bond motifs is 1. The first-order chi connectivity index (χ1) is 9.61. The fraction of sp³-hybridized carbons (Fsp3) is 0.143. The average molecular weight is 273 g/mol. The largest absolute Gasteiger partial charge is 0.417 e. The number of hydrogen-bond acceptors (Lipinski definition) is 4. The van der Waals surface area contributed by atoms with E-state index < -0.39 is 5.76 Å². The van der Waals surface area contributed by atoms with Crippen LogP contribution in [0.1, 0.15) is 18.5 Å². The molecule has 102 valence electrons. The monoisotopic (exact) mass is 273 g/mol. The summed E-state index contributed by atoms with van der Waals surface area (Å²) >= 11 is 0. The number of aromatic amines is 1. The molecule has 0 bridgehead atoms. The Balaban J connectivity index is 1.86. The van der Waals surface area contributed by atoms with E-state index in [1.807, 2.05) is 6.92 Å².